The Bertz CT molecular complexity index is 491. The molecule has 1 rings (SSSR count). The molecule has 7 heteroatoms. The smallest absolute Gasteiger partial charge is 0.341 e. The number of anilines is 1. The molecule has 0 radical (unpaired) electrons. The molecule has 0 aliphatic heterocycles. The number of primary amides is 1. The van der Waals surface area contributed by atoms with Crippen molar-refractivity contribution in [1.82, 2.24) is 0 Å². The van der Waals surface area contributed by atoms with Crippen molar-refractivity contribution in [2.45, 2.75) is 20.0 Å². The van der Waals surface area contributed by atoms with Crippen molar-refractivity contribution in [2.24, 2.45) is 5.73 Å². The molecule has 0 fully saturated rings. The summed E-state index contributed by atoms with van der Waals surface area (Å²) in [6.07, 6.45) is -0.368. The van der Waals surface area contributed by atoms with Gasteiger partial charge < -0.3 is 15.8 Å². The molecule has 1 aromatic rings. The van der Waals surface area contributed by atoms with Gasteiger partial charge in [-0.2, -0.15) is 0 Å². The highest BCUT2D eigenvalue weighted by molar-refractivity contribution is 9.10. The van der Waals surface area contributed by atoms with E-state index in [9.17, 15) is 14.0 Å². The van der Waals surface area contributed by atoms with E-state index in [4.69, 9.17) is 10.5 Å². The average molecular weight is 319 g/mol. The molecule has 0 bridgehead atoms. The summed E-state index contributed by atoms with van der Waals surface area (Å²) in [5.74, 6) is -1.55. The summed E-state index contributed by atoms with van der Waals surface area (Å²) < 4.78 is 18.8. The lowest BCUT2D eigenvalue weighted by molar-refractivity contribution is 0.0372. The third-order valence-corrected chi connectivity index (χ3v) is 2.53. The maximum absolute atomic E-state index is 13.6. The molecule has 0 aliphatic carbocycles. The highest BCUT2D eigenvalue weighted by Crippen LogP contribution is 2.26. The van der Waals surface area contributed by atoms with Crippen LogP contribution >= 0.6 is 15.9 Å². The van der Waals surface area contributed by atoms with Gasteiger partial charge in [0, 0.05) is 4.47 Å². The topological polar surface area (TPSA) is 81.4 Å². The number of nitrogens with two attached hydrogens (primary N) is 1. The molecule has 1 aromatic carbocycles. The highest BCUT2D eigenvalue weighted by Gasteiger charge is 2.18. The van der Waals surface area contributed by atoms with Crippen molar-refractivity contribution >= 4 is 33.6 Å². The summed E-state index contributed by atoms with van der Waals surface area (Å²) in [6, 6.07) is 1.40. The van der Waals surface area contributed by atoms with Crippen LogP contribution in [0, 0.1) is 5.82 Å². The van der Waals surface area contributed by atoms with E-state index in [0.717, 1.165) is 12.1 Å². The van der Waals surface area contributed by atoms with Gasteiger partial charge in [-0.1, -0.05) is 0 Å². The summed E-state index contributed by atoms with van der Waals surface area (Å²) in [5.41, 5.74) is 4.88. The van der Waals surface area contributed by atoms with Crippen LogP contribution in [0.4, 0.5) is 14.9 Å². The van der Waals surface area contributed by atoms with Crippen LogP contribution in [-0.4, -0.2) is 18.1 Å². The first kappa shape index (κ1) is 14.4. The molecule has 5 nitrogen and oxygen atoms in total. The lowest BCUT2D eigenvalue weighted by atomic mass is 10.2. The zero-order chi connectivity index (χ0) is 13.9. The van der Waals surface area contributed by atoms with Gasteiger partial charge in [0.2, 0.25) is 0 Å². The van der Waals surface area contributed by atoms with Crippen LogP contribution in [0.2, 0.25) is 0 Å². The monoisotopic (exact) mass is 318 g/mol. The van der Waals surface area contributed by atoms with Gasteiger partial charge in [0.25, 0.3) is 0 Å². The molecule has 0 aliphatic rings. The number of hydrogen-bond acceptors (Lipinski definition) is 3. The average Bonchev–Trinajstić information content (AvgIpc) is 2.20. The Hall–Kier alpha value is -1.63. The molecule has 0 spiro atoms. The summed E-state index contributed by atoms with van der Waals surface area (Å²) in [5, 5.41) is 2.27. The second-order valence-corrected chi connectivity index (χ2v) is 4.61. The Labute approximate surface area is 112 Å². The van der Waals surface area contributed by atoms with E-state index in [2.05, 4.69) is 21.2 Å². The van der Waals surface area contributed by atoms with Crippen LogP contribution in [0.25, 0.3) is 0 Å². The van der Waals surface area contributed by atoms with Crippen LogP contribution in [0.1, 0.15) is 24.2 Å². The molecule has 98 valence electrons. The van der Waals surface area contributed by atoms with E-state index in [-0.39, 0.29) is 21.8 Å². The molecule has 2 amide bonds. The Morgan fingerprint density at radius 1 is 1.44 bits per heavy atom. The highest BCUT2D eigenvalue weighted by atomic mass is 79.9. The Morgan fingerprint density at radius 3 is 2.56 bits per heavy atom. The maximum Gasteiger partial charge on any atom is 0.341 e. The number of rotatable bonds is 3. The molecule has 0 heterocycles. The standard InChI is InChI=1S/C11H12BrFN2O3/c1-5(2)18-10(16)6-3-9(15-11(14)17)7(12)4-8(6)13/h3-5H,1-2H3,(H3,14,15,17). The summed E-state index contributed by atoms with van der Waals surface area (Å²) in [7, 11) is 0. The summed E-state index contributed by atoms with van der Waals surface area (Å²) >= 11 is 3.05. The van der Waals surface area contributed by atoms with E-state index in [1.807, 2.05) is 0 Å². The summed E-state index contributed by atoms with van der Waals surface area (Å²) in [6.45, 7) is 3.30. The van der Waals surface area contributed by atoms with Gasteiger partial charge in [0.1, 0.15) is 5.82 Å². The molecule has 0 atom stereocenters. The number of halogens is 2. The minimum absolute atomic E-state index is 0.194. The van der Waals surface area contributed by atoms with E-state index < -0.39 is 17.8 Å². The quantitative estimate of drug-likeness (QED) is 0.840. The number of amides is 2. The van der Waals surface area contributed by atoms with Crippen molar-refractivity contribution in [1.29, 1.82) is 0 Å². The second-order valence-electron chi connectivity index (χ2n) is 3.76. The second kappa shape index (κ2) is 5.81. The molecule has 0 saturated carbocycles. The zero-order valence-electron chi connectivity index (χ0n) is 9.79. The third-order valence-electron chi connectivity index (χ3n) is 1.88. The lowest BCUT2D eigenvalue weighted by Gasteiger charge is -2.11. The lowest BCUT2D eigenvalue weighted by Crippen LogP contribution is -2.20. The van der Waals surface area contributed by atoms with Crippen LogP contribution in [0.3, 0.4) is 0 Å². The SMILES string of the molecule is CC(C)OC(=O)c1cc(NC(N)=O)c(Br)cc1F. The van der Waals surface area contributed by atoms with Crippen LogP contribution in [0.5, 0.6) is 0 Å². The third kappa shape index (κ3) is 3.69. The fourth-order valence-corrected chi connectivity index (χ4v) is 1.63. The number of benzene rings is 1. The van der Waals surface area contributed by atoms with Crippen molar-refractivity contribution < 1.29 is 18.7 Å². The number of esters is 1. The van der Waals surface area contributed by atoms with Gasteiger partial charge in [-0.15, -0.1) is 0 Å². The predicted octanol–water partition coefficient (Wildman–Crippen LogP) is 2.64. The van der Waals surface area contributed by atoms with Gasteiger partial charge in [-0.3, -0.25) is 0 Å². The number of urea groups is 1. The fourth-order valence-electron chi connectivity index (χ4n) is 1.21. The van der Waals surface area contributed by atoms with Gasteiger partial charge in [-0.05, 0) is 41.9 Å². The van der Waals surface area contributed by atoms with Crippen molar-refractivity contribution in [3.63, 3.8) is 0 Å². The Kier molecular flexibility index (Phi) is 4.66. The number of ether oxygens (including phenoxy) is 1. The minimum Gasteiger partial charge on any atom is -0.459 e. The van der Waals surface area contributed by atoms with Gasteiger partial charge in [-0.25, -0.2) is 14.0 Å². The van der Waals surface area contributed by atoms with E-state index >= 15 is 0 Å². The molecular weight excluding hydrogens is 307 g/mol. The number of nitrogens with one attached hydrogen (secondary N) is 1. The first-order valence-electron chi connectivity index (χ1n) is 5.07. The maximum atomic E-state index is 13.6. The van der Waals surface area contributed by atoms with Crippen LogP contribution in [0.15, 0.2) is 16.6 Å². The van der Waals surface area contributed by atoms with Crippen molar-refractivity contribution in [2.75, 3.05) is 5.32 Å². The molecule has 18 heavy (non-hydrogen) atoms. The van der Waals surface area contributed by atoms with E-state index in [1.165, 1.54) is 0 Å². The first-order chi connectivity index (χ1) is 8.31. The first-order valence-corrected chi connectivity index (χ1v) is 5.87. The van der Waals surface area contributed by atoms with Crippen LogP contribution in [-0.2, 0) is 4.74 Å². The normalized spacial score (nSPS) is 10.3. The predicted molar refractivity (Wildman–Crippen MR) is 67.9 cm³/mol. The molecule has 0 unspecified atom stereocenters. The molecule has 3 N–H and O–H groups in total. The molecule has 0 aromatic heterocycles. The fraction of sp³-hybridized carbons (Fsp3) is 0.273. The van der Waals surface area contributed by atoms with Gasteiger partial charge in [0.05, 0.1) is 17.4 Å². The van der Waals surface area contributed by atoms with Gasteiger partial charge in [0.15, 0.2) is 0 Å². The van der Waals surface area contributed by atoms with Crippen LogP contribution < -0.4 is 11.1 Å². The van der Waals surface area contributed by atoms with E-state index in [1.54, 1.807) is 13.8 Å². The Morgan fingerprint density at radius 2 is 2.06 bits per heavy atom. The molecular formula is C11H12BrFN2O3. The van der Waals surface area contributed by atoms with Crippen molar-refractivity contribution in [3.05, 3.63) is 28.0 Å². The van der Waals surface area contributed by atoms with Crippen molar-refractivity contribution in [3.8, 4) is 0 Å². The number of hydrogen-bond donors (Lipinski definition) is 2. The minimum atomic E-state index is -0.814. The number of carbonyl (C=O) groups excluding carboxylic acids is 2. The number of carbonyl (C=O) groups is 2. The van der Waals surface area contributed by atoms with Gasteiger partial charge >= 0.3 is 12.0 Å². The largest absolute Gasteiger partial charge is 0.459 e. The molecule has 0 saturated heterocycles. The van der Waals surface area contributed by atoms with E-state index in [0.29, 0.717) is 0 Å². The zero-order valence-corrected chi connectivity index (χ0v) is 11.4. The Balaban J connectivity index is 3.12. The summed E-state index contributed by atoms with van der Waals surface area (Å²) in [4.78, 5) is 22.3.